The molecule has 3 aromatic carbocycles. The lowest BCUT2D eigenvalue weighted by atomic mass is 9.94. The van der Waals surface area contributed by atoms with Crippen LogP contribution in [0.25, 0.3) is 10.4 Å². The quantitative estimate of drug-likeness (QED) is 0.174. The van der Waals surface area contributed by atoms with Crippen LogP contribution in [0.1, 0.15) is 33.2 Å². The first-order valence-electron chi connectivity index (χ1n) is 12.6. The van der Waals surface area contributed by atoms with Crippen molar-refractivity contribution in [3.63, 3.8) is 0 Å². The molecule has 1 amide bonds. The first-order valence-corrected chi connectivity index (χ1v) is 12.6. The lowest BCUT2D eigenvalue weighted by Crippen LogP contribution is -2.65. The lowest BCUT2D eigenvalue weighted by molar-refractivity contribution is -0.246. The van der Waals surface area contributed by atoms with Gasteiger partial charge in [-0.2, -0.15) is 0 Å². The van der Waals surface area contributed by atoms with Gasteiger partial charge in [-0.05, 0) is 35.4 Å². The Bertz CT molecular complexity index is 1330. The SMILES string of the molecule is CC(=O)NC1[C@H](OCc2ccccc2)OC(COC(=O)c2ccccc2)[C@H](N=[N+]=[N-])[C@@H]1OC(=O)c1ccccc1. The van der Waals surface area contributed by atoms with Gasteiger partial charge in [-0.15, -0.1) is 0 Å². The van der Waals surface area contributed by atoms with Gasteiger partial charge in [0, 0.05) is 11.8 Å². The summed E-state index contributed by atoms with van der Waals surface area (Å²) in [6.07, 6.45) is -3.44. The number of rotatable bonds is 10. The molecule has 0 radical (unpaired) electrons. The Balaban J connectivity index is 1.64. The van der Waals surface area contributed by atoms with Gasteiger partial charge in [0.05, 0.1) is 17.7 Å². The Morgan fingerprint density at radius 3 is 2.05 bits per heavy atom. The first kappa shape index (κ1) is 28.3. The molecule has 0 saturated carbocycles. The van der Waals surface area contributed by atoms with Gasteiger partial charge >= 0.3 is 11.9 Å². The van der Waals surface area contributed by atoms with Crippen molar-refractivity contribution in [2.45, 2.75) is 44.1 Å². The number of amides is 1. The maximum Gasteiger partial charge on any atom is 0.338 e. The highest BCUT2D eigenvalue weighted by Crippen LogP contribution is 2.29. The minimum atomic E-state index is -1.22. The summed E-state index contributed by atoms with van der Waals surface area (Å²) in [5.74, 6) is -1.77. The van der Waals surface area contributed by atoms with E-state index in [2.05, 4.69) is 15.3 Å². The second-order valence-corrected chi connectivity index (χ2v) is 8.96. The Kier molecular flexibility index (Phi) is 9.84. The smallest absolute Gasteiger partial charge is 0.338 e. The molecule has 1 N–H and O–H groups in total. The van der Waals surface area contributed by atoms with E-state index in [9.17, 15) is 19.9 Å². The van der Waals surface area contributed by atoms with Crippen molar-refractivity contribution >= 4 is 17.8 Å². The van der Waals surface area contributed by atoms with Crippen LogP contribution in [0, 0.1) is 0 Å². The highest BCUT2D eigenvalue weighted by atomic mass is 16.7. The number of azide groups is 1. The monoisotopic (exact) mass is 544 g/mol. The molecule has 11 nitrogen and oxygen atoms in total. The second-order valence-electron chi connectivity index (χ2n) is 8.96. The fourth-order valence-electron chi connectivity index (χ4n) is 4.26. The van der Waals surface area contributed by atoms with Gasteiger partial charge in [0.25, 0.3) is 0 Å². The van der Waals surface area contributed by atoms with E-state index in [-0.39, 0.29) is 18.8 Å². The molecule has 4 rings (SSSR count). The molecule has 1 aliphatic rings. The van der Waals surface area contributed by atoms with E-state index < -0.39 is 48.4 Å². The minimum Gasteiger partial charge on any atom is -0.459 e. The molecule has 5 atom stereocenters. The number of benzene rings is 3. The Labute approximate surface area is 230 Å². The van der Waals surface area contributed by atoms with Gasteiger partial charge in [-0.1, -0.05) is 71.8 Å². The molecule has 1 heterocycles. The van der Waals surface area contributed by atoms with Crippen molar-refractivity contribution in [2.75, 3.05) is 6.61 Å². The second kappa shape index (κ2) is 13.9. The van der Waals surface area contributed by atoms with Crippen molar-refractivity contribution in [3.05, 3.63) is 118 Å². The number of hydrogen-bond acceptors (Lipinski definition) is 8. The molecular formula is C29H28N4O7. The maximum absolute atomic E-state index is 13.1. The van der Waals surface area contributed by atoms with Gasteiger partial charge in [-0.3, -0.25) is 4.79 Å². The van der Waals surface area contributed by atoms with Gasteiger partial charge in [0.2, 0.25) is 5.91 Å². The molecule has 206 valence electrons. The van der Waals surface area contributed by atoms with E-state index >= 15 is 0 Å². The number of nitrogens with one attached hydrogen (secondary N) is 1. The third kappa shape index (κ3) is 7.45. The van der Waals surface area contributed by atoms with Crippen LogP contribution in [-0.4, -0.2) is 55.0 Å². The van der Waals surface area contributed by atoms with Crippen molar-refractivity contribution in [1.82, 2.24) is 5.32 Å². The van der Waals surface area contributed by atoms with Crippen molar-refractivity contribution < 1.29 is 33.3 Å². The van der Waals surface area contributed by atoms with Crippen LogP contribution in [0.4, 0.5) is 0 Å². The standard InChI is InChI=1S/C29H28N4O7/c1-19(34)31-25-26(40-28(36)22-15-9-4-10-16-22)24(32-33-30)23(18-37-27(35)21-13-7-3-8-14-21)39-29(25)38-17-20-11-5-2-6-12-20/h2-16,23-26,29H,17-18H2,1H3,(H,31,34)/t23?,24-,25?,26-,29+/m0/s1. The molecule has 1 saturated heterocycles. The zero-order valence-corrected chi connectivity index (χ0v) is 21.7. The van der Waals surface area contributed by atoms with Gasteiger partial charge in [-0.25, -0.2) is 9.59 Å². The highest BCUT2D eigenvalue weighted by Gasteiger charge is 2.49. The number of carbonyl (C=O) groups is 3. The summed E-state index contributed by atoms with van der Waals surface area (Å²) >= 11 is 0. The zero-order valence-electron chi connectivity index (χ0n) is 21.7. The Hall–Kier alpha value is -4.70. The van der Waals surface area contributed by atoms with E-state index in [1.807, 2.05) is 30.3 Å². The fourth-order valence-corrected chi connectivity index (χ4v) is 4.26. The topological polar surface area (TPSA) is 149 Å². The maximum atomic E-state index is 13.1. The highest BCUT2D eigenvalue weighted by molar-refractivity contribution is 5.90. The molecule has 0 spiro atoms. The number of ether oxygens (including phenoxy) is 4. The van der Waals surface area contributed by atoms with E-state index in [0.717, 1.165) is 5.56 Å². The predicted molar refractivity (Wildman–Crippen MR) is 143 cm³/mol. The summed E-state index contributed by atoms with van der Waals surface area (Å²) in [7, 11) is 0. The van der Waals surface area contributed by atoms with Crippen LogP contribution in [-0.2, 0) is 30.3 Å². The fraction of sp³-hybridized carbons (Fsp3) is 0.276. The molecule has 11 heteroatoms. The summed E-state index contributed by atoms with van der Waals surface area (Å²) in [5.41, 5.74) is 10.8. The zero-order chi connectivity index (χ0) is 28.3. The molecule has 40 heavy (non-hydrogen) atoms. The van der Waals surface area contributed by atoms with E-state index in [1.54, 1.807) is 60.7 Å². The summed E-state index contributed by atoms with van der Waals surface area (Å²) in [4.78, 5) is 40.9. The summed E-state index contributed by atoms with van der Waals surface area (Å²) in [6, 6.07) is 23.6. The average molecular weight is 545 g/mol. The van der Waals surface area contributed by atoms with Gasteiger partial charge in [0.1, 0.15) is 30.9 Å². The first-order chi connectivity index (χ1) is 19.5. The van der Waals surface area contributed by atoms with E-state index in [1.165, 1.54) is 6.92 Å². The minimum absolute atomic E-state index is 0.101. The van der Waals surface area contributed by atoms with Crippen LogP contribution >= 0.6 is 0 Å². The molecule has 0 aliphatic carbocycles. The number of hydrogen-bond donors (Lipinski definition) is 1. The van der Waals surface area contributed by atoms with Crippen molar-refractivity contribution in [2.24, 2.45) is 5.11 Å². The van der Waals surface area contributed by atoms with Crippen molar-refractivity contribution in [3.8, 4) is 0 Å². The molecular weight excluding hydrogens is 516 g/mol. The molecule has 1 fully saturated rings. The molecule has 0 bridgehead atoms. The largest absolute Gasteiger partial charge is 0.459 e. The summed E-state index contributed by atoms with van der Waals surface area (Å²) in [6.45, 7) is 1.05. The Morgan fingerprint density at radius 1 is 0.900 bits per heavy atom. The normalized spacial score (nSPS) is 21.9. The van der Waals surface area contributed by atoms with E-state index in [4.69, 9.17) is 18.9 Å². The molecule has 1 aliphatic heterocycles. The van der Waals surface area contributed by atoms with Crippen LogP contribution < -0.4 is 5.32 Å². The van der Waals surface area contributed by atoms with E-state index in [0.29, 0.717) is 5.56 Å². The molecule has 2 unspecified atom stereocenters. The third-order valence-corrected chi connectivity index (χ3v) is 6.13. The van der Waals surface area contributed by atoms with Crippen LogP contribution in [0.5, 0.6) is 0 Å². The molecule has 3 aromatic rings. The number of carbonyl (C=O) groups excluding carboxylic acids is 3. The van der Waals surface area contributed by atoms with Crippen LogP contribution in [0.3, 0.4) is 0 Å². The Morgan fingerprint density at radius 2 is 1.48 bits per heavy atom. The van der Waals surface area contributed by atoms with Crippen LogP contribution in [0.15, 0.2) is 96.1 Å². The van der Waals surface area contributed by atoms with Gasteiger partial charge < -0.3 is 24.3 Å². The van der Waals surface area contributed by atoms with Crippen molar-refractivity contribution in [1.29, 1.82) is 0 Å². The number of nitrogens with zero attached hydrogens (tertiary/aromatic N) is 3. The molecule has 0 aromatic heterocycles. The summed E-state index contributed by atoms with van der Waals surface area (Å²) in [5, 5.41) is 6.55. The number of esters is 2. The van der Waals surface area contributed by atoms with Crippen LogP contribution in [0.2, 0.25) is 0 Å². The third-order valence-electron chi connectivity index (χ3n) is 6.13. The lowest BCUT2D eigenvalue weighted by Gasteiger charge is -2.44. The average Bonchev–Trinajstić information content (AvgIpc) is 2.98. The predicted octanol–water partition coefficient (Wildman–Crippen LogP) is 4.19. The summed E-state index contributed by atoms with van der Waals surface area (Å²) < 4.78 is 23.5. The van der Waals surface area contributed by atoms with Gasteiger partial charge in [0.15, 0.2) is 6.29 Å².